The van der Waals surface area contributed by atoms with Gasteiger partial charge in [-0.15, -0.1) is 0 Å². The minimum Gasteiger partial charge on any atom is -0.398 e. The van der Waals surface area contributed by atoms with Crippen LogP contribution >= 0.6 is 15.9 Å². The maximum Gasteiger partial charge on any atom is 0.257 e. The Balaban J connectivity index is 2.21. The van der Waals surface area contributed by atoms with Crippen molar-refractivity contribution in [1.29, 1.82) is 0 Å². The van der Waals surface area contributed by atoms with Crippen molar-refractivity contribution < 1.29 is 4.79 Å². The number of halogens is 1. The molecule has 0 radical (unpaired) electrons. The van der Waals surface area contributed by atoms with Crippen LogP contribution in [0.15, 0.2) is 47.2 Å². The van der Waals surface area contributed by atoms with E-state index in [9.17, 15) is 4.79 Å². The minimum atomic E-state index is -0.247. The lowest BCUT2D eigenvalue weighted by molar-refractivity contribution is 0.102. The van der Waals surface area contributed by atoms with Crippen LogP contribution in [-0.4, -0.2) is 10.9 Å². The van der Waals surface area contributed by atoms with Gasteiger partial charge in [-0.3, -0.25) is 9.78 Å². The van der Waals surface area contributed by atoms with Gasteiger partial charge in [-0.1, -0.05) is 15.9 Å². The highest BCUT2D eigenvalue weighted by atomic mass is 79.9. The van der Waals surface area contributed by atoms with Crippen LogP contribution in [0.1, 0.15) is 10.4 Å². The number of pyridine rings is 1. The van der Waals surface area contributed by atoms with Crippen molar-refractivity contribution in [2.24, 2.45) is 0 Å². The fourth-order valence-corrected chi connectivity index (χ4v) is 1.75. The number of nitrogens with zero attached hydrogens (tertiary/aromatic N) is 1. The molecule has 0 bridgehead atoms. The molecule has 0 aliphatic heterocycles. The summed E-state index contributed by atoms with van der Waals surface area (Å²) in [5, 5.41) is 2.72. The van der Waals surface area contributed by atoms with E-state index in [1.165, 1.54) is 0 Å². The average Bonchev–Trinajstić information content (AvgIpc) is 2.30. The average molecular weight is 292 g/mol. The summed E-state index contributed by atoms with van der Waals surface area (Å²) in [6.45, 7) is 0. The Morgan fingerprint density at radius 3 is 2.82 bits per heavy atom. The van der Waals surface area contributed by atoms with Crippen molar-refractivity contribution >= 4 is 33.2 Å². The second-order valence-electron chi connectivity index (χ2n) is 3.43. The van der Waals surface area contributed by atoms with Crippen LogP contribution in [0.4, 0.5) is 11.4 Å². The molecule has 0 spiro atoms. The molecule has 1 aromatic heterocycles. The molecule has 0 saturated carbocycles. The molecule has 0 fully saturated rings. The molecule has 4 nitrogen and oxygen atoms in total. The van der Waals surface area contributed by atoms with Gasteiger partial charge >= 0.3 is 0 Å². The van der Waals surface area contributed by atoms with Gasteiger partial charge in [0, 0.05) is 16.4 Å². The van der Waals surface area contributed by atoms with Gasteiger partial charge in [-0.2, -0.15) is 0 Å². The number of hydrogen-bond acceptors (Lipinski definition) is 3. The molecule has 3 N–H and O–H groups in total. The lowest BCUT2D eigenvalue weighted by Crippen LogP contribution is -2.14. The number of benzene rings is 1. The van der Waals surface area contributed by atoms with Gasteiger partial charge in [0.1, 0.15) is 0 Å². The molecule has 1 aromatic carbocycles. The van der Waals surface area contributed by atoms with Crippen LogP contribution < -0.4 is 11.1 Å². The SMILES string of the molecule is Nc1cc(Br)ccc1C(=O)Nc1cccnc1. The topological polar surface area (TPSA) is 68.0 Å². The van der Waals surface area contributed by atoms with E-state index in [1.54, 1.807) is 42.7 Å². The molecule has 0 unspecified atom stereocenters. The molecule has 0 aliphatic rings. The van der Waals surface area contributed by atoms with Gasteiger partial charge in [0.15, 0.2) is 0 Å². The molecule has 1 heterocycles. The second-order valence-corrected chi connectivity index (χ2v) is 4.34. The predicted molar refractivity (Wildman–Crippen MR) is 70.7 cm³/mol. The van der Waals surface area contributed by atoms with Crippen molar-refractivity contribution in [3.8, 4) is 0 Å². The first-order valence-electron chi connectivity index (χ1n) is 4.93. The number of amides is 1. The van der Waals surface area contributed by atoms with Crippen molar-refractivity contribution in [3.05, 3.63) is 52.8 Å². The highest BCUT2D eigenvalue weighted by Gasteiger charge is 2.09. The third-order valence-electron chi connectivity index (χ3n) is 2.18. The van der Waals surface area contributed by atoms with E-state index < -0.39 is 0 Å². The van der Waals surface area contributed by atoms with E-state index in [-0.39, 0.29) is 5.91 Å². The zero-order valence-corrected chi connectivity index (χ0v) is 10.4. The smallest absolute Gasteiger partial charge is 0.257 e. The summed E-state index contributed by atoms with van der Waals surface area (Å²) < 4.78 is 0.841. The lowest BCUT2D eigenvalue weighted by Gasteiger charge is -2.07. The maximum absolute atomic E-state index is 11.9. The van der Waals surface area contributed by atoms with Crippen LogP contribution in [0, 0.1) is 0 Å². The van der Waals surface area contributed by atoms with E-state index >= 15 is 0 Å². The zero-order chi connectivity index (χ0) is 12.3. The summed E-state index contributed by atoms with van der Waals surface area (Å²) in [6.07, 6.45) is 3.22. The van der Waals surface area contributed by atoms with Crippen molar-refractivity contribution in [2.45, 2.75) is 0 Å². The van der Waals surface area contributed by atoms with E-state index in [2.05, 4.69) is 26.2 Å². The van der Waals surface area contributed by atoms with Gasteiger partial charge in [-0.05, 0) is 30.3 Å². The van der Waals surface area contributed by atoms with Crippen molar-refractivity contribution in [3.63, 3.8) is 0 Å². The van der Waals surface area contributed by atoms with E-state index in [0.29, 0.717) is 16.9 Å². The molecule has 0 atom stereocenters. The predicted octanol–water partition coefficient (Wildman–Crippen LogP) is 2.68. The molecule has 0 saturated heterocycles. The van der Waals surface area contributed by atoms with E-state index in [0.717, 1.165) is 4.47 Å². The standard InChI is InChI=1S/C12H10BrN3O/c13-8-3-4-10(11(14)6-8)12(17)16-9-2-1-5-15-7-9/h1-7H,14H2,(H,16,17). The van der Waals surface area contributed by atoms with Crippen molar-refractivity contribution in [1.82, 2.24) is 4.98 Å². The Labute approximate surface area is 107 Å². The Morgan fingerprint density at radius 2 is 2.18 bits per heavy atom. The summed E-state index contributed by atoms with van der Waals surface area (Å²) in [6, 6.07) is 8.65. The van der Waals surface area contributed by atoms with E-state index in [1.807, 2.05) is 0 Å². The second kappa shape index (κ2) is 4.97. The van der Waals surface area contributed by atoms with Gasteiger partial charge in [0.25, 0.3) is 5.91 Å². The summed E-state index contributed by atoms with van der Waals surface area (Å²) in [7, 11) is 0. The Hall–Kier alpha value is -1.88. The molecule has 17 heavy (non-hydrogen) atoms. The van der Waals surface area contributed by atoms with Crippen LogP contribution in [-0.2, 0) is 0 Å². The number of nitrogens with one attached hydrogen (secondary N) is 1. The maximum atomic E-state index is 11.9. The normalized spacial score (nSPS) is 9.94. The molecule has 86 valence electrons. The zero-order valence-electron chi connectivity index (χ0n) is 8.85. The molecule has 0 aliphatic carbocycles. The third kappa shape index (κ3) is 2.82. The van der Waals surface area contributed by atoms with Crippen molar-refractivity contribution in [2.75, 3.05) is 11.1 Å². The first-order chi connectivity index (χ1) is 8.16. The molecular formula is C12H10BrN3O. The largest absolute Gasteiger partial charge is 0.398 e. The monoisotopic (exact) mass is 291 g/mol. The highest BCUT2D eigenvalue weighted by molar-refractivity contribution is 9.10. The van der Waals surface area contributed by atoms with Gasteiger partial charge in [0.2, 0.25) is 0 Å². The lowest BCUT2D eigenvalue weighted by atomic mass is 10.1. The summed E-state index contributed by atoms with van der Waals surface area (Å²) in [5.41, 5.74) is 7.28. The first-order valence-corrected chi connectivity index (χ1v) is 5.72. The number of nitrogen functional groups attached to an aromatic ring is 1. The van der Waals surface area contributed by atoms with Crippen LogP contribution in [0.2, 0.25) is 0 Å². The number of nitrogens with two attached hydrogens (primary N) is 1. The number of rotatable bonds is 2. The molecule has 2 aromatic rings. The number of carbonyl (C=O) groups is 1. The fourth-order valence-electron chi connectivity index (χ4n) is 1.38. The summed E-state index contributed by atoms with van der Waals surface area (Å²) in [5.74, 6) is -0.247. The quantitative estimate of drug-likeness (QED) is 0.836. The molecule has 2 rings (SSSR count). The fraction of sp³-hybridized carbons (Fsp3) is 0. The Morgan fingerprint density at radius 1 is 1.35 bits per heavy atom. The number of aromatic nitrogens is 1. The van der Waals surface area contributed by atoms with Gasteiger partial charge < -0.3 is 11.1 Å². The Kier molecular flexibility index (Phi) is 3.39. The summed E-state index contributed by atoms with van der Waals surface area (Å²) >= 11 is 3.29. The van der Waals surface area contributed by atoms with Crippen LogP contribution in [0.25, 0.3) is 0 Å². The third-order valence-corrected chi connectivity index (χ3v) is 2.67. The number of carbonyl (C=O) groups excluding carboxylic acids is 1. The van der Waals surface area contributed by atoms with E-state index in [4.69, 9.17) is 5.73 Å². The van der Waals surface area contributed by atoms with Crippen LogP contribution in [0.3, 0.4) is 0 Å². The number of hydrogen-bond donors (Lipinski definition) is 2. The first kappa shape index (κ1) is 11.6. The highest BCUT2D eigenvalue weighted by Crippen LogP contribution is 2.19. The molecular weight excluding hydrogens is 282 g/mol. The van der Waals surface area contributed by atoms with Gasteiger partial charge in [-0.25, -0.2) is 0 Å². The van der Waals surface area contributed by atoms with Gasteiger partial charge in [0.05, 0.1) is 17.4 Å². The Bertz CT molecular complexity index is 543. The molecule has 1 amide bonds. The molecule has 5 heteroatoms. The number of anilines is 2. The minimum absolute atomic E-state index is 0.247. The summed E-state index contributed by atoms with van der Waals surface area (Å²) in [4.78, 5) is 15.8. The van der Waals surface area contributed by atoms with Crippen LogP contribution in [0.5, 0.6) is 0 Å².